The van der Waals surface area contributed by atoms with Crippen LogP contribution in [-0.4, -0.2) is 5.78 Å². The molecule has 2 aromatic carbocycles. The molecule has 170 valence electrons. The fourth-order valence-electron chi connectivity index (χ4n) is 4.62. The zero-order valence-electron chi connectivity index (χ0n) is 18.0. The number of carbonyl (C=O) groups excluding carboxylic acids is 1. The molecule has 0 saturated carbocycles. The predicted octanol–water partition coefficient (Wildman–Crippen LogP) is 6.30. The summed E-state index contributed by atoms with van der Waals surface area (Å²) in [5, 5.41) is 10.1. The highest BCUT2D eigenvalue weighted by atomic mass is 35.5. The average Bonchev–Trinajstić information content (AvgIpc) is 2.73. The molecular formula is C25H21ClF3N3O. The molecule has 8 heteroatoms. The Morgan fingerprint density at radius 3 is 2.42 bits per heavy atom. The maximum absolute atomic E-state index is 13.5. The maximum Gasteiger partial charge on any atom is 0.416 e. The molecule has 2 aliphatic rings. The lowest BCUT2D eigenvalue weighted by molar-refractivity contribution is -0.137. The molecule has 1 unspecified atom stereocenters. The van der Waals surface area contributed by atoms with Crippen LogP contribution in [0.5, 0.6) is 0 Å². The minimum absolute atomic E-state index is 0.0127. The Balaban J connectivity index is 2.03. The maximum atomic E-state index is 13.5. The number of nitrogens with zero attached hydrogens (tertiary/aromatic N) is 2. The van der Waals surface area contributed by atoms with Crippen LogP contribution in [0.3, 0.4) is 0 Å². The van der Waals surface area contributed by atoms with Crippen molar-refractivity contribution in [1.82, 2.24) is 0 Å². The largest absolute Gasteiger partial charge is 0.416 e. The number of rotatable bonds is 2. The van der Waals surface area contributed by atoms with Crippen molar-refractivity contribution < 1.29 is 18.0 Å². The van der Waals surface area contributed by atoms with Gasteiger partial charge in [-0.25, -0.2) is 0 Å². The van der Waals surface area contributed by atoms with Gasteiger partial charge in [0.1, 0.15) is 5.82 Å². The van der Waals surface area contributed by atoms with Gasteiger partial charge in [-0.15, -0.1) is 0 Å². The van der Waals surface area contributed by atoms with Crippen LogP contribution in [0, 0.1) is 16.7 Å². The lowest BCUT2D eigenvalue weighted by atomic mass is 9.68. The number of ketones is 1. The molecule has 2 N–H and O–H groups in total. The summed E-state index contributed by atoms with van der Waals surface area (Å²) in [4.78, 5) is 14.8. The molecule has 0 aromatic heterocycles. The first-order chi connectivity index (χ1) is 15.4. The first-order valence-corrected chi connectivity index (χ1v) is 10.7. The van der Waals surface area contributed by atoms with E-state index in [1.165, 1.54) is 4.90 Å². The van der Waals surface area contributed by atoms with E-state index in [0.29, 0.717) is 23.3 Å². The lowest BCUT2D eigenvalue weighted by Gasteiger charge is -2.44. The molecule has 0 bridgehead atoms. The summed E-state index contributed by atoms with van der Waals surface area (Å²) in [6.07, 6.45) is -3.97. The Morgan fingerprint density at radius 1 is 1.15 bits per heavy atom. The van der Waals surface area contributed by atoms with E-state index in [9.17, 15) is 23.2 Å². The fourth-order valence-corrected chi connectivity index (χ4v) is 4.83. The topological polar surface area (TPSA) is 70.1 Å². The third-order valence-corrected chi connectivity index (χ3v) is 6.35. The minimum Gasteiger partial charge on any atom is -0.384 e. The molecule has 4 nitrogen and oxygen atoms in total. The molecule has 1 aliphatic heterocycles. The van der Waals surface area contributed by atoms with Crippen LogP contribution in [0.4, 0.5) is 18.9 Å². The summed E-state index contributed by atoms with van der Waals surface area (Å²) in [6.45, 7) is 3.83. The second-order valence-corrected chi connectivity index (χ2v) is 9.46. The van der Waals surface area contributed by atoms with Gasteiger partial charge in [-0.3, -0.25) is 9.69 Å². The molecule has 1 atom stereocenters. The van der Waals surface area contributed by atoms with E-state index in [1.807, 2.05) is 19.9 Å². The van der Waals surface area contributed by atoms with Gasteiger partial charge in [0, 0.05) is 17.7 Å². The standard InChI is InChI=1S/C25H21ClF3N3O/c1-24(2)11-19-22(20(33)12-24)21(14-6-4-3-5-7-14)16(13-30)23(31)32(19)18-10-15(25(27,28)29)8-9-17(18)26/h3-10,21H,11-12,31H2,1-2H3. The monoisotopic (exact) mass is 471 g/mol. The number of carbonyl (C=O) groups is 1. The number of hydrogen-bond acceptors (Lipinski definition) is 4. The number of halogens is 4. The van der Waals surface area contributed by atoms with Crippen molar-refractivity contribution in [2.75, 3.05) is 4.90 Å². The Labute approximate surface area is 194 Å². The van der Waals surface area contributed by atoms with Crippen molar-refractivity contribution in [3.05, 3.63) is 87.3 Å². The molecule has 0 fully saturated rings. The normalized spacial score (nSPS) is 20.6. The number of anilines is 1. The molecule has 33 heavy (non-hydrogen) atoms. The van der Waals surface area contributed by atoms with Crippen molar-refractivity contribution in [1.29, 1.82) is 5.26 Å². The summed E-state index contributed by atoms with van der Waals surface area (Å²) in [5.41, 5.74) is 6.76. The van der Waals surface area contributed by atoms with Crippen LogP contribution >= 0.6 is 11.6 Å². The minimum atomic E-state index is -4.60. The van der Waals surface area contributed by atoms with Crippen LogP contribution in [0.1, 0.15) is 43.7 Å². The Bertz CT molecular complexity index is 1240. The van der Waals surface area contributed by atoms with E-state index in [0.717, 1.165) is 18.2 Å². The smallest absolute Gasteiger partial charge is 0.384 e. The molecule has 4 rings (SSSR count). The van der Waals surface area contributed by atoms with Gasteiger partial charge in [0.05, 0.1) is 33.8 Å². The number of allylic oxidation sites excluding steroid dienone is 3. The second kappa shape index (κ2) is 7.96. The van der Waals surface area contributed by atoms with E-state index in [4.69, 9.17) is 17.3 Å². The highest BCUT2D eigenvalue weighted by Gasteiger charge is 2.45. The zero-order valence-corrected chi connectivity index (χ0v) is 18.8. The van der Waals surface area contributed by atoms with E-state index in [-0.39, 0.29) is 34.3 Å². The molecule has 0 amide bonds. The first kappa shape index (κ1) is 22.9. The SMILES string of the molecule is CC1(C)CC(=O)C2=C(C1)N(c1cc(C(F)(F)F)ccc1Cl)C(N)=C(C#N)C2c1ccccc1. The van der Waals surface area contributed by atoms with Crippen LogP contribution in [0.15, 0.2) is 71.2 Å². The van der Waals surface area contributed by atoms with Gasteiger partial charge < -0.3 is 5.73 Å². The fraction of sp³-hybridized carbons (Fsp3) is 0.280. The van der Waals surface area contributed by atoms with E-state index < -0.39 is 23.1 Å². The van der Waals surface area contributed by atoms with E-state index in [2.05, 4.69) is 6.07 Å². The van der Waals surface area contributed by atoms with Crippen LogP contribution in [0.2, 0.25) is 5.02 Å². The second-order valence-electron chi connectivity index (χ2n) is 9.06. The summed E-state index contributed by atoms with van der Waals surface area (Å²) in [6, 6.07) is 14.1. The van der Waals surface area contributed by atoms with Gasteiger partial charge in [0.2, 0.25) is 0 Å². The average molecular weight is 472 g/mol. The van der Waals surface area contributed by atoms with Gasteiger partial charge >= 0.3 is 6.18 Å². The first-order valence-electron chi connectivity index (χ1n) is 10.3. The highest BCUT2D eigenvalue weighted by Crippen LogP contribution is 2.51. The third-order valence-electron chi connectivity index (χ3n) is 6.03. The summed E-state index contributed by atoms with van der Waals surface area (Å²) in [5.74, 6) is -0.893. The van der Waals surface area contributed by atoms with Crippen molar-refractivity contribution in [3.63, 3.8) is 0 Å². The van der Waals surface area contributed by atoms with Crippen molar-refractivity contribution >= 4 is 23.1 Å². The molecule has 0 saturated heterocycles. The Morgan fingerprint density at radius 2 is 1.82 bits per heavy atom. The van der Waals surface area contributed by atoms with Crippen LogP contribution < -0.4 is 10.6 Å². The van der Waals surface area contributed by atoms with Gasteiger partial charge in [-0.1, -0.05) is 55.8 Å². The van der Waals surface area contributed by atoms with Crippen molar-refractivity contribution in [3.8, 4) is 6.07 Å². The van der Waals surface area contributed by atoms with Gasteiger partial charge in [0.25, 0.3) is 0 Å². The van der Waals surface area contributed by atoms with Crippen molar-refractivity contribution in [2.24, 2.45) is 11.1 Å². The number of Topliss-reactive ketones (excluding diaryl/α,β-unsaturated/α-hetero) is 1. The summed E-state index contributed by atoms with van der Waals surface area (Å²) < 4.78 is 40.5. The van der Waals surface area contributed by atoms with E-state index >= 15 is 0 Å². The van der Waals surface area contributed by atoms with Crippen LogP contribution in [0.25, 0.3) is 0 Å². The van der Waals surface area contributed by atoms with Gasteiger partial charge in [0.15, 0.2) is 5.78 Å². The molecule has 1 aliphatic carbocycles. The number of nitriles is 1. The van der Waals surface area contributed by atoms with Crippen LogP contribution in [-0.2, 0) is 11.0 Å². The summed E-state index contributed by atoms with van der Waals surface area (Å²) >= 11 is 6.35. The number of hydrogen-bond donors (Lipinski definition) is 1. The molecule has 0 spiro atoms. The molecule has 2 aromatic rings. The molecule has 1 heterocycles. The van der Waals surface area contributed by atoms with Gasteiger partial charge in [-0.2, -0.15) is 18.4 Å². The molecule has 0 radical (unpaired) electrons. The van der Waals surface area contributed by atoms with Gasteiger partial charge in [-0.05, 0) is 35.6 Å². The zero-order chi connectivity index (χ0) is 24.1. The quantitative estimate of drug-likeness (QED) is 0.558. The number of alkyl halides is 3. The number of benzene rings is 2. The Kier molecular flexibility index (Phi) is 5.53. The Hall–Kier alpha value is -3.24. The summed E-state index contributed by atoms with van der Waals surface area (Å²) in [7, 11) is 0. The lowest BCUT2D eigenvalue weighted by Crippen LogP contribution is -2.42. The number of nitrogens with two attached hydrogens (primary N) is 1. The predicted molar refractivity (Wildman–Crippen MR) is 120 cm³/mol. The van der Waals surface area contributed by atoms with E-state index in [1.54, 1.807) is 24.3 Å². The highest BCUT2D eigenvalue weighted by molar-refractivity contribution is 6.33. The van der Waals surface area contributed by atoms with Crippen molar-refractivity contribution in [2.45, 2.75) is 38.8 Å². The third kappa shape index (κ3) is 4.00. The molecular weight excluding hydrogens is 451 g/mol.